The van der Waals surface area contributed by atoms with Crippen molar-refractivity contribution in [1.29, 1.82) is 10.5 Å². The topological polar surface area (TPSA) is 72.0 Å². The number of benzene rings is 1. The van der Waals surface area contributed by atoms with Gasteiger partial charge in [0, 0.05) is 0 Å². The standard InChI is InChI=1S/C13H12N4S/c1-18-12(16-9-15)17-11-4-2-10(3-5-11)13(8-14)6-7-13/h2-5H,6-7H2,1H3,(H,16,17). The Kier molecular flexibility index (Phi) is 3.55. The van der Waals surface area contributed by atoms with Gasteiger partial charge in [-0.15, -0.1) is 0 Å². The Morgan fingerprint density at radius 3 is 2.44 bits per heavy atom. The molecule has 1 saturated carbocycles. The second-order valence-electron chi connectivity index (χ2n) is 4.10. The molecule has 1 aliphatic carbocycles. The molecule has 0 heterocycles. The van der Waals surface area contributed by atoms with Crippen molar-refractivity contribution in [3.8, 4) is 12.3 Å². The van der Waals surface area contributed by atoms with Crippen molar-refractivity contribution in [3.63, 3.8) is 0 Å². The fraction of sp³-hybridized carbons (Fsp3) is 0.308. The van der Waals surface area contributed by atoms with Crippen LogP contribution in [0.25, 0.3) is 0 Å². The van der Waals surface area contributed by atoms with Crippen molar-refractivity contribution < 1.29 is 0 Å². The van der Waals surface area contributed by atoms with Gasteiger partial charge in [-0.2, -0.15) is 10.5 Å². The normalized spacial score (nSPS) is 16.5. The Labute approximate surface area is 110 Å². The van der Waals surface area contributed by atoms with Crippen molar-refractivity contribution >= 4 is 22.6 Å². The predicted octanol–water partition coefficient (Wildman–Crippen LogP) is 2.66. The number of hydrogen-bond acceptors (Lipinski definition) is 4. The monoisotopic (exact) mass is 256 g/mol. The molecule has 0 atom stereocenters. The molecule has 18 heavy (non-hydrogen) atoms. The lowest BCUT2D eigenvalue weighted by Crippen LogP contribution is -2.12. The number of nitriles is 2. The fourth-order valence-electron chi connectivity index (χ4n) is 1.73. The van der Waals surface area contributed by atoms with Gasteiger partial charge in [0.15, 0.2) is 11.4 Å². The van der Waals surface area contributed by atoms with Crippen molar-refractivity contribution in [2.24, 2.45) is 4.99 Å². The highest BCUT2D eigenvalue weighted by atomic mass is 32.2. The highest BCUT2D eigenvalue weighted by Gasteiger charge is 2.44. The number of amidine groups is 1. The first-order valence-electron chi connectivity index (χ1n) is 5.54. The van der Waals surface area contributed by atoms with E-state index in [1.54, 1.807) is 0 Å². The average Bonchev–Trinajstić information content (AvgIpc) is 3.20. The summed E-state index contributed by atoms with van der Waals surface area (Å²) in [4.78, 5) is 4.30. The van der Waals surface area contributed by atoms with Crippen LogP contribution >= 0.6 is 11.8 Å². The molecular weight excluding hydrogens is 244 g/mol. The quantitative estimate of drug-likeness (QED) is 0.382. The highest BCUT2D eigenvalue weighted by Crippen LogP contribution is 2.47. The summed E-state index contributed by atoms with van der Waals surface area (Å²) in [5, 5.41) is 20.7. The maximum atomic E-state index is 9.11. The number of nitrogens with zero attached hydrogens (tertiary/aromatic N) is 3. The summed E-state index contributed by atoms with van der Waals surface area (Å²) in [6.07, 6.45) is 5.59. The molecule has 1 aromatic carbocycles. The summed E-state index contributed by atoms with van der Waals surface area (Å²) in [7, 11) is 0. The number of thioether (sulfide) groups is 1. The number of nitrogens with one attached hydrogen (secondary N) is 1. The minimum absolute atomic E-state index is 0.254. The SMILES string of the molecule is CSC(=Nc1ccc(C2(C#N)CC2)cc1)NC#N. The van der Waals surface area contributed by atoms with Crippen LogP contribution in [0.2, 0.25) is 0 Å². The zero-order chi connectivity index (χ0) is 13.0. The first-order chi connectivity index (χ1) is 8.74. The Hall–Kier alpha value is -1.98. The molecule has 0 aromatic heterocycles. The average molecular weight is 256 g/mol. The maximum absolute atomic E-state index is 9.11. The number of rotatable bonds is 2. The van der Waals surface area contributed by atoms with E-state index in [0.717, 1.165) is 24.1 Å². The first-order valence-corrected chi connectivity index (χ1v) is 6.76. The molecule has 0 unspecified atom stereocenters. The lowest BCUT2D eigenvalue weighted by atomic mass is 9.98. The van der Waals surface area contributed by atoms with Gasteiger partial charge in [0.1, 0.15) is 0 Å². The van der Waals surface area contributed by atoms with Crippen molar-refractivity contribution in [1.82, 2.24) is 5.32 Å². The van der Waals surface area contributed by atoms with Crippen LogP contribution in [0, 0.1) is 22.8 Å². The molecule has 5 heteroatoms. The van der Waals surface area contributed by atoms with E-state index < -0.39 is 0 Å². The van der Waals surface area contributed by atoms with E-state index in [9.17, 15) is 0 Å². The van der Waals surface area contributed by atoms with Crippen LogP contribution in [0.15, 0.2) is 29.3 Å². The number of hydrogen-bond donors (Lipinski definition) is 1. The van der Waals surface area contributed by atoms with Gasteiger partial charge in [-0.3, -0.25) is 5.32 Å². The van der Waals surface area contributed by atoms with Crippen LogP contribution in [-0.2, 0) is 5.41 Å². The van der Waals surface area contributed by atoms with Gasteiger partial charge in [0.25, 0.3) is 0 Å². The number of aliphatic imine (C=N–C) groups is 1. The lowest BCUT2D eigenvalue weighted by Gasteiger charge is -2.06. The summed E-state index contributed by atoms with van der Waals surface area (Å²) in [6, 6.07) is 10.0. The fourth-order valence-corrected chi connectivity index (χ4v) is 2.08. The summed E-state index contributed by atoms with van der Waals surface area (Å²) >= 11 is 1.38. The first kappa shape index (κ1) is 12.5. The third-order valence-corrected chi connectivity index (χ3v) is 3.55. The van der Waals surface area contributed by atoms with E-state index in [1.807, 2.05) is 36.7 Å². The Bertz CT molecular complexity index is 544. The second kappa shape index (κ2) is 5.12. The Balaban J connectivity index is 2.19. The third kappa shape index (κ3) is 2.47. The van der Waals surface area contributed by atoms with E-state index in [1.165, 1.54) is 11.8 Å². The molecule has 0 amide bonds. The highest BCUT2D eigenvalue weighted by molar-refractivity contribution is 8.13. The minimum atomic E-state index is -0.254. The molecule has 90 valence electrons. The van der Waals surface area contributed by atoms with Gasteiger partial charge in [-0.05, 0) is 36.8 Å². The van der Waals surface area contributed by atoms with Gasteiger partial charge in [-0.25, -0.2) is 4.99 Å². The molecule has 0 radical (unpaired) electrons. The largest absolute Gasteiger partial charge is 0.271 e. The molecule has 2 rings (SSSR count). The van der Waals surface area contributed by atoms with Gasteiger partial charge < -0.3 is 0 Å². The van der Waals surface area contributed by atoms with Gasteiger partial charge in [0.05, 0.1) is 17.2 Å². The summed E-state index contributed by atoms with van der Waals surface area (Å²) in [5.41, 5.74) is 1.58. The lowest BCUT2D eigenvalue weighted by molar-refractivity contribution is 0.908. The van der Waals surface area contributed by atoms with Crippen LogP contribution < -0.4 is 5.32 Å². The Morgan fingerprint density at radius 1 is 1.33 bits per heavy atom. The molecule has 1 N–H and O–H groups in total. The zero-order valence-electron chi connectivity index (χ0n) is 9.97. The van der Waals surface area contributed by atoms with Crippen LogP contribution in [-0.4, -0.2) is 11.4 Å². The van der Waals surface area contributed by atoms with Crippen molar-refractivity contribution in [2.75, 3.05) is 6.26 Å². The van der Waals surface area contributed by atoms with Gasteiger partial charge >= 0.3 is 0 Å². The third-order valence-electron chi connectivity index (χ3n) is 2.97. The van der Waals surface area contributed by atoms with Crippen molar-refractivity contribution in [3.05, 3.63) is 29.8 Å². The zero-order valence-corrected chi connectivity index (χ0v) is 10.8. The smallest absolute Gasteiger partial charge is 0.183 e. The van der Waals surface area contributed by atoms with Crippen LogP contribution in [0.4, 0.5) is 5.69 Å². The molecular formula is C13H12N4S. The van der Waals surface area contributed by atoms with Gasteiger partial charge in [-0.1, -0.05) is 23.9 Å². The van der Waals surface area contributed by atoms with Crippen LogP contribution in [0.5, 0.6) is 0 Å². The maximum Gasteiger partial charge on any atom is 0.183 e. The van der Waals surface area contributed by atoms with E-state index in [-0.39, 0.29) is 5.41 Å². The van der Waals surface area contributed by atoms with Crippen LogP contribution in [0.1, 0.15) is 18.4 Å². The summed E-state index contributed by atoms with van der Waals surface area (Å²) in [6.45, 7) is 0. The molecule has 1 fully saturated rings. The second-order valence-corrected chi connectivity index (χ2v) is 4.89. The molecule has 1 aromatic rings. The molecule has 1 aliphatic rings. The van der Waals surface area contributed by atoms with Gasteiger partial charge in [0.2, 0.25) is 0 Å². The molecule has 0 aliphatic heterocycles. The van der Waals surface area contributed by atoms with Crippen LogP contribution in [0.3, 0.4) is 0 Å². The van der Waals surface area contributed by atoms with E-state index in [4.69, 9.17) is 10.5 Å². The van der Waals surface area contributed by atoms with Crippen molar-refractivity contribution in [2.45, 2.75) is 18.3 Å². The van der Waals surface area contributed by atoms with E-state index >= 15 is 0 Å². The molecule has 0 saturated heterocycles. The van der Waals surface area contributed by atoms with E-state index in [2.05, 4.69) is 16.4 Å². The molecule has 4 nitrogen and oxygen atoms in total. The molecule has 0 spiro atoms. The molecule has 0 bridgehead atoms. The van der Waals surface area contributed by atoms with E-state index in [0.29, 0.717) is 5.17 Å². The minimum Gasteiger partial charge on any atom is -0.271 e. The summed E-state index contributed by atoms with van der Waals surface area (Å²) < 4.78 is 0. The summed E-state index contributed by atoms with van der Waals surface area (Å²) in [5.74, 6) is 0. The Morgan fingerprint density at radius 2 is 2.00 bits per heavy atom. The predicted molar refractivity (Wildman–Crippen MR) is 72.3 cm³/mol.